The van der Waals surface area contributed by atoms with Gasteiger partial charge < -0.3 is 10.1 Å². The van der Waals surface area contributed by atoms with Crippen molar-refractivity contribution in [3.8, 4) is 0 Å². The minimum Gasteiger partial charge on any atom is -0.372 e. The molecule has 0 aliphatic heterocycles. The van der Waals surface area contributed by atoms with Crippen molar-refractivity contribution in [3.63, 3.8) is 0 Å². The van der Waals surface area contributed by atoms with Crippen molar-refractivity contribution in [1.82, 2.24) is 5.32 Å². The predicted octanol–water partition coefficient (Wildman–Crippen LogP) is 1.97. The molecule has 0 spiro atoms. The summed E-state index contributed by atoms with van der Waals surface area (Å²) in [5, 5.41) is 2.95. The summed E-state index contributed by atoms with van der Waals surface area (Å²) in [4.78, 5) is 11.3. The maximum absolute atomic E-state index is 11.3. The van der Waals surface area contributed by atoms with Crippen LogP contribution >= 0.6 is 0 Å². The third-order valence-electron chi connectivity index (χ3n) is 3.29. The number of ether oxygens (including phenoxy) is 1. The summed E-state index contributed by atoms with van der Waals surface area (Å²) in [5.41, 5.74) is 0. The first-order valence-electron chi connectivity index (χ1n) is 6.08. The zero-order valence-corrected chi connectivity index (χ0v) is 9.92. The molecular formula is C12H23NO2. The van der Waals surface area contributed by atoms with Crippen LogP contribution in [-0.4, -0.2) is 25.7 Å². The Morgan fingerprint density at radius 1 is 1.40 bits per heavy atom. The highest BCUT2D eigenvalue weighted by Crippen LogP contribution is 2.28. The van der Waals surface area contributed by atoms with Crippen LogP contribution in [0, 0.1) is 11.8 Å². The first kappa shape index (κ1) is 12.5. The minimum absolute atomic E-state index is 0.0228. The number of carbonyl (C=O) groups excluding carboxylic acids is 1. The lowest BCUT2D eigenvalue weighted by Gasteiger charge is -2.28. The van der Waals surface area contributed by atoms with E-state index in [0.29, 0.717) is 12.5 Å². The van der Waals surface area contributed by atoms with Crippen LogP contribution in [0.15, 0.2) is 0 Å². The van der Waals surface area contributed by atoms with Gasteiger partial charge in [0.05, 0.1) is 0 Å². The van der Waals surface area contributed by atoms with Gasteiger partial charge in [0.2, 0.25) is 5.91 Å². The fourth-order valence-corrected chi connectivity index (χ4v) is 2.19. The first-order chi connectivity index (χ1) is 7.24. The van der Waals surface area contributed by atoms with Crippen LogP contribution in [0.5, 0.6) is 0 Å². The van der Waals surface area contributed by atoms with Crippen LogP contribution < -0.4 is 5.32 Å². The quantitative estimate of drug-likeness (QED) is 0.758. The molecule has 0 aromatic carbocycles. The predicted molar refractivity (Wildman–Crippen MR) is 60.6 cm³/mol. The molecule has 0 aromatic heterocycles. The fourth-order valence-electron chi connectivity index (χ4n) is 2.19. The summed E-state index contributed by atoms with van der Waals surface area (Å²) >= 11 is 0. The van der Waals surface area contributed by atoms with E-state index in [4.69, 9.17) is 4.74 Å². The van der Waals surface area contributed by atoms with Crippen molar-refractivity contribution in [1.29, 1.82) is 0 Å². The van der Waals surface area contributed by atoms with Gasteiger partial charge in [-0.15, -0.1) is 0 Å². The monoisotopic (exact) mass is 213 g/mol. The van der Waals surface area contributed by atoms with E-state index in [1.54, 1.807) is 0 Å². The van der Waals surface area contributed by atoms with Crippen LogP contribution in [0.3, 0.4) is 0 Å². The summed E-state index contributed by atoms with van der Waals surface area (Å²) in [6.07, 6.45) is 5.24. The van der Waals surface area contributed by atoms with Crippen molar-refractivity contribution in [2.75, 3.05) is 19.8 Å². The van der Waals surface area contributed by atoms with Crippen molar-refractivity contribution in [2.45, 2.75) is 39.5 Å². The molecule has 0 bridgehead atoms. The Labute approximate surface area is 92.6 Å². The standard InChI is InChI=1S/C12H23NO2/c1-3-15-9-12(14)13-8-11-7-5-4-6-10(11)2/h10-11H,3-9H2,1-2H3,(H,13,14). The molecule has 2 atom stereocenters. The van der Waals surface area contributed by atoms with Gasteiger partial charge in [-0.3, -0.25) is 4.79 Å². The Bertz CT molecular complexity index is 194. The maximum Gasteiger partial charge on any atom is 0.246 e. The molecule has 1 amide bonds. The topological polar surface area (TPSA) is 38.3 Å². The van der Waals surface area contributed by atoms with Crippen molar-refractivity contribution in [2.24, 2.45) is 11.8 Å². The lowest BCUT2D eigenvalue weighted by molar-refractivity contribution is -0.125. The average Bonchev–Trinajstić information content (AvgIpc) is 2.25. The molecule has 0 aromatic rings. The molecule has 0 radical (unpaired) electrons. The van der Waals surface area contributed by atoms with Gasteiger partial charge in [-0.1, -0.05) is 26.2 Å². The van der Waals surface area contributed by atoms with Crippen molar-refractivity contribution in [3.05, 3.63) is 0 Å². The zero-order valence-electron chi connectivity index (χ0n) is 9.92. The largest absolute Gasteiger partial charge is 0.372 e. The zero-order chi connectivity index (χ0) is 11.1. The van der Waals surface area contributed by atoms with E-state index in [1.165, 1.54) is 25.7 Å². The number of hydrogen-bond acceptors (Lipinski definition) is 2. The van der Waals surface area contributed by atoms with Gasteiger partial charge in [0.25, 0.3) is 0 Å². The van der Waals surface area contributed by atoms with Crippen molar-refractivity contribution >= 4 is 5.91 Å². The number of nitrogens with one attached hydrogen (secondary N) is 1. The fraction of sp³-hybridized carbons (Fsp3) is 0.917. The van der Waals surface area contributed by atoms with Gasteiger partial charge in [0.1, 0.15) is 6.61 Å². The van der Waals surface area contributed by atoms with E-state index >= 15 is 0 Å². The molecule has 0 heterocycles. The molecule has 1 saturated carbocycles. The third kappa shape index (κ3) is 4.65. The van der Waals surface area contributed by atoms with E-state index < -0.39 is 0 Å². The molecular weight excluding hydrogens is 190 g/mol. The lowest BCUT2D eigenvalue weighted by Crippen LogP contribution is -2.35. The third-order valence-corrected chi connectivity index (χ3v) is 3.29. The molecule has 1 fully saturated rings. The van der Waals surface area contributed by atoms with Crippen LogP contribution in [-0.2, 0) is 9.53 Å². The van der Waals surface area contributed by atoms with E-state index in [9.17, 15) is 4.79 Å². The molecule has 3 nitrogen and oxygen atoms in total. The van der Waals surface area contributed by atoms with E-state index in [2.05, 4.69) is 12.2 Å². The number of carbonyl (C=O) groups is 1. The van der Waals surface area contributed by atoms with Gasteiger partial charge in [0.15, 0.2) is 0 Å². The van der Waals surface area contributed by atoms with Crippen LogP contribution in [0.25, 0.3) is 0 Å². The maximum atomic E-state index is 11.3. The van der Waals surface area contributed by atoms with Gasteiger partial charge in [0, 0.05) is 13.2 Å². The Balaban J connectivity index is 2.14. The molecule has 1 rings (SSSR count). The van der Waals surface area contributed by atoms with E-state index in [0.717, 1.165) is 12.5 Å². The van der Waals surface area contributed by atoms with Crippen LogP contribution in [0.4, 0.5) is 0 Å². The summed E-state index contributed by atoms with van der Waals surface area (Å²) in [6.45, 7) is 5.83. The first-order valence-corrected chi connectivity index (χ1v) is 6.08. The second-order valence-corrected chi connectivity index (χ2v) is 4.46. The molecule has 2 unspecified atom stereocenters. The Kier molecular flexibility index (Phi) is 5.69. The Morgan fingerprint density at radius 2 is 2.13 bits per heavy atom. The summed E-state index contributed by atoms with van der Waals surface area (Å²) in [5.74, 6) is 1.45. The highest BCUT2D eigenvalue weighted by molar-refractivity contribution is 5.77. The smallest absolute Gasteiger partial charge is 0.246 e. The molecule has 15 heavy (non-hydrogen) atoms. The number of rotatable bonds is 5. The molecule has 1 aliphatic carbocycles. The minimum atomic E-state index is 0.0228. The molecule has 1 N–H and O–H groups in total. The van der Waals surface area contributed by atoms with Gasteiger partial charge >= 0.3 is 0 Å². The highest BCUT2D eigenvalue weighted by atomic mass is 16.5. The van der Waals surface area contributed by atoms with Gasteiger partial charge in [-0.25, -0.2) is 0 Å². The van der Waals surface area contributed by atoms with E-state index in [-0.39, 0.29) is 12.5 Å². The van der Waals surface area contributed by atoms with Crippen LogP contribution in [0.2, 0.25) is 0 Å². The SMILES string of the molecule is CCOCC(=O)NCC1CCCCC1C. The summed E-state index contributed by atoms with van der Waals surface area (Å²) in [7, 11) is 0. The second kappa shape index (κ2) is 6.83. The molecule has 3 heteroatoms. The molecule has 1 aliphatic rings. The van der Waals surface area contributed by atoms with Gasteiger partial charge in [-0.2, -0.15) is 0 Å². The van der Waals surface area contributed by atoms with E-state index in [1.807, 2.05) is 6.92 Å². The summed E-state index contributed by atoms with van der Waals surface area (Å²) < 4.78 is 5.05. The van der Waals surface area contributed by atoms with Crippen LogP contribution in [0.1, 0.15) is 39.5 Å². The average molecular weight is 213 g/mol. The summed E-state index contributed by atoms with van der Waals surface area (Å²) in [6, 6.07) is 0. The Hall–Kier alpha value is -0.570. The molecule has 88 valence electrons. The normalized spacial score (nSPS) is 26.3. The molecule has 0 saturated heterocycles. The van der Waals surface area contributed by atoms with Crippen molar-refractivity contribution < 1.29 is 9.53 Å². The highest BCUT2D eigenvalue weighted by Gasteiger charge is 2.21. The Morgan fingerprint density at radius 3 is 2.80 bits per heavy atom. The number of hydrogen-bond donors (Lipinski definition) is 1. The number of amides is 1. The second-order valence-electron chi connectivity index (χ2n) is 4.46. The lowest BCUT2D eigenvalue weighted by atomic mass is 9.80. The van der Waals surface area contributed by atoms with Gasteiger partial charge in [-0.05, 0) is 25.2 Å².